The fraction of sp³-hybridized carbons (Fsp3) is 0.312. The lowest BCUT2D eigenvalue weighted by atomic mass is 9.96. The summed E-state index contributed by atoms with van der Waals surface area (Å²) in [6.45, 7) is 3.95. The molecule has 1 amide bonds. The lowest BCUT2D eigenvalue weighted by Crippen LogP contribution is -2.21. The lowest BCUT2D eigenvalue weighted by molar-refractivity contribution is -0.117. The van der Waals surface area contributed by atoms with Crippen molar-refractivity contribution in [2.45, 2.75) is 26.2 Å². The fourth-order valence-electron chi connectivity index (χ4n) is 2.14. The number of esters is 1. The number of nitrogens with one attached hydrogen (secondary N) is 1. The van der Waals surface area contributed by atoms with Crippen molar-refractivity contribution in [1.82, 2.24) is 4.98 Å². The van der Waals surface area contributed by atoms with E-state index in [-0.39, 0.29) is 24.1 Å². The van der Waals surface area contributed by atoms with Gasteiger partial charge in [-0.05, 0) is 18.9 Å². The normalized spacial score (nSPS) is 11.7. The molecule has 2 rings (SSSR count). The second-order valence-electron chi connectivity index (χ2n) is 4.61. The average Bonchev–Trinajstić information content (AvgIpc) is 2.97. The molecule has 0 bridgehead atoms. The summed E-state index contributed by atoms with van der Waals surface area (Å²) >= 11 is 1.21. The zero-order valence-corrected chi connectivity index (χ0v) is 13.4. The average molecular weight is 318 g/mol. The second kappa shape index (κ2) is 7.70. The summed E-state index contributed by atoms with van der Waals surface area (Å²) in [5, 5.41) is 3.22. The predicted octanol–water partition coefficient (Wildman–Crippen LogP) is 3.45. The van der Waals surface area contributed by atoms with Crippen molar-refractivity contribution in [3.05, 3.63) is 47.1 Å². The lowest BCUT2D eigenvalue weighted by Gasteiger charge is -2.15. The molecule has 0 fully saturated rings. The van der Waals surface area contributed by atoms with E-state index in [9.17, 15) is 9.59 Å². The third-order valence-corrected chi connectivity index (χ3v) is 3.94. The molecule has 1 unspecified atom stereocenters. The highest BCUT2D eigenvalue weighted by Crippen LogP contribution is 2.25. The van der Waals surface area contributed by atoms with Crippen molar-refractivity contribution >= 4 is 28.2 Å². The predicted molar refractivity (Wildman–Crippen MR) is 86.2 cm³/mol. The van der Waals surface area contributed by atoms with E-state index in [2.05, 4.69) is 10.3 Å². The van der Waals surface area contributed by atoms with Gasteiger partial charge in [-0.1, -0.05) is 37.3 Å². The van der Waals surface area contributed by atoms with E-state index < -0.39 is 5.97 Å². The minimum Gasteiger partial charge on any atom is -0.461 e. The van der Waals surface area contributed by atoms with Gasteiger partial charge in [0.15, 0.2) is 5.69 Å². The van der Waals surface area contributed by atoms with Crippen LogP contribution in [0.5, 0.6) is 0 Å². The molecule has 1 N–H and O–H groups in total. The molecule has 0 aliphatic heterocycles. The summed E-state index contributed by atoms with van der Waals surface area (Å²) in [6, 6.07) is 9.57. The number of thiazole rings is 1. The Morgan fingerprint density at radius 3 is 2.64 bits per heavy atom. The quantitative estimate of drug-likeness (QED) is 0.828. The third kappa shape index (κ3) is 3.71. The molecule has 1 aromatic heterocycles. The summed E-state index contributed by atoms with van der Waals surface area (Å²) in [5.41, 5.74) is 2.62. The first-order valence-electron chi connectivity index (χ1n) is 7.13. The zero-order valence-electron chi connectivity index (χ0n) is 12.5. The molecule has 116 valence electrons. The summed E-state index contributed by atoms with van der Waals surface area (Å²) in [4.78, 5) is 28.3. The van der Waals surface area contributed by atoms with Crippen LogP contribution in [0.1, 0.15) is 42.2 Å². The Bertz CT molecular complexity index is 640. The van der Waals surface area contributed by atoms with Crippen LogP contribution in [0, 0.1) is 0 Å². The van der Waals surface area contributed by atoms with Gasteiger partial charge >= 0.3 is 5.97 Å². The van der Waals surface area contributed by atoms with Crippen LogP contribution in [0.15, 0.2) is 35.8 Å². The maximum atomic E-state index is 12.5. The number of ether oxygens (including phenoxy) is 1. The van der Waals surface area contributed by atoms with Gasteiger partial charge in [-0.15, -0.1) is 11.3 Å². The Morgan fingerprint density at radius 1 is 1.27 bits per heavy atom. The van der Waals surface area contributed by atoms with Crippen molar-refractivity contribution in [2.75, 3.05) is 11.9 Å². The molecule has 6 heteroatoms. The molecule has 22 heavy (non-hydrogen) atoms. The first-order chi connectivity index (χ1) is 10.7. The van der Waals surface area contributed by atoms with E-state index >= 15 is 0 Å². The van der Waals surface area contributed by atoms with Crippen molar-refractivity contribution in [3.63, 3.8) is 0 Å². The topological polar surface area (TPSA) is 68.3 Å². The Balaban J connectivity index is 2.15. The van der Waals surface area contributed by atoms with Crippen LogP contribution in [-0.2, 0) is 9.53 Å². The SMILES string of the molecule is CCOC(=O)c1ncsc1NC(=O)C(CC)c1ccccc1. The Morgan fingerprint density at radius 2 is 2.00 bits per heavy atom. The Hall–Kier alpha value is -2.21. The number of hydrogen-bond donors (Lipinski definition) is 1. The molecule has 0 saturated carbocycles. The van der Waals surface area contributed by atoms with Crippen molar-refractivity contribution in [1.29, 1.82) is 0 Å². The van der Waals surface area contributed by atoms with Gasteiger partial charge in [0, 0.05) is 0 Å². The van der Waals surface area contributed by atoms with Crippen LogP contribution in [0.25, 0.3) is 0 Å². The number of nitrogens with zero attached hydrogens (tertiary/aromatic N) is 1. The first kappa shape index (κ1) is 16.2. The number of benzene rings is 1. The smallest absolute Gasteiger partial charge is 0.360 e. The monoisotopic (exact) mass is 318 g/mol. The van der Waals surface area contributed by atoms with Gasteiger partial charge in [0.2, 0.25) is 5.91 Å². The highest BCUT2D eigenvalue weighted by molar-refractivity contribution is 7.14. The van der Waals surface area contributed by atoms with Gasteiger partial charge in [0.1, 0.15) is 5.00 Å². The number of carbonyl (C=O) groups is 2. The highest BCUT2D eigenvalue weighted by Gasteiger charge is 2.23. The zero-order chi connectivity index (χ0) is 15.9. The van der Waals surface area contributed by atoms with Gasteiger partial charge in [-0.25, -0.2) is 9.78 Å². The molecular weight excluding hydrogens is 300 g/mol. The maximum Gasteiger partial charge on any atom is 0.360 e. The van der Waals surface area contributed by atoms with Crippen molar-refractivity contribution in [2.24, 2.45) is 0 Å². The molecule has 1 heterocycles. The molecule has 0 aliphatic carbocycles. The summed E-state index contributed by atoms with van der Waals surface area (Å²) in [7, 11) is 0. The standard InChI is InChI=1S/C16H18N2O3S/c1-3-12(11-8-6-5-7-9-11)14(19)18-15-13(17-10-22-15)16(20)21-4-2/h5-10,12H,3-4H2,1-2H3,(H,18,19). The Labute approximate surface area is 133 Å². The molecule has 0 radical (unpaired) electrons. The number of aromatic nitrogens is 1. The molecular formula is C16H18N2O3S. The number of carbonyl (C=O) groups excluding carboxylic acids is 2. The second-order valence-corrected chi connectivity index (χ2v) is 5.47. The highest BCUT2D eigenvalue weighted by atomic mass is 32.1. The van der Waals surface area contributed by atoms with E-state index in [4.69, 9.17) is 4.74 Å². The number of anilines is 1. The van der Waals surface area contributed by atoms with E-state index in [0.717, 1.165) is 5.56 Å². The van der Waals surface area contributed by atoms with E-state index in [1.54, 1.807) is 6.92 Å². The molecule has 1 atom stereocenters. The fourth-order valence-corrected chi connectivity index (χ4v) is 2.81. The van der Waals surface area contributed by atoms with E-state index in [0.29, 0.717) is 11.4 Å². The van der Waals surface area contributed by atoms with Crippen LogP contribution in [0.4, 0.5) is 5.00 Å². The molecule has 1 aromatic carbocycles. The first-order valence-corrected chi connectivity index (χ1v) is 8.01. The number of rotatable bonds is 6. The minimum absolute atomic E-state index is 0.150. The minimum atomic E-state index is -0.521. The summed E-state index contributed by atoms with van der Waals surface area (Å²) in [6.07, 6.45) is 0.670. The van der Waals surface area contributed by atoms with Crippen LogP contribution in [0.2, 0.25) is 0 Å². The Kier molecular flexibility index (Phi) is 5.66. The molecule has 2 aromatic rings. The van der Waals surface area contributed by atoms with Crippen LogP contribution < -0.4 is 5.32 Å². The van der Waals surface area contributed by atoms with Gasteiger partial charge in [-0.3, -0.25) is 4.79 Å². The summed E-state index contributed by atoms with van der Waals surface area (Å²) in [5.74, 6) is -0.936. The molecule has 5 nitrogen and oxygen atoms in total. The third-order valence-electron chi connectivity index (χ3n) is 3.20. The van der Waals surface area contributed by atoms with E-state index in [1.165, 1.54) is 16.8 Å². The number of hydrogen-bond acceptors (Lipinski definition) is 5. The molecule has 0 spiro atoms. The molecule has 0 saturated heterocycles. The number of amides is 1. The van der Waals surface area contributed by atoms with Crippen LogP contribution in [-0.4, -0.2) is 23.5 Å². The van der Waals surface area contributed by atoms with Gasteiger partial charge in [-0.2, -0.15) is 0 Å². The van der Waals surface area contributed by atoms with Gasteiger partial charge in [0.25, 0.3) is 0 Å². The van der Waals surface area contributed by atoms with Crippen molar-refractivity contribution < 1.29 is 14.3 Å². The molecule has 0 aliphatic rings. The van der Waals surface area contributed by atoms with Gasteiger partial charge < -0.3 is 10.1 Å². The maximum absolute atomic E-state index is 12.5. The van der Waals surface area contributed by atoms with Crippen molar-refractivity contribution in [3.8, 4) is 0 Å². The van der Waals surface area contributed by atoms with Crippen LogP contribution >= 0.6 is 11.3 Å². The van der Waals surface area contributed by atoms with E-state index in [1.807, 2.05) is 37.3 Å². The van der Waals surface area contributed by atoms with Gasteiger partial charge in [0.05, 0.1) is 18.0 Å². The van der Waals surface area contributed by atoms with Crippen LogP contribution in [0.3, 0.4) is 0 Å². The largest absolute Gasteiger partial charge is 0.461 e. The summed E-state index contributed by atoms with van der Waals surface area (Å²) < 4.78 is 4.93.